The van der Waals surface area contributed by atoms with Gasteiger partial charge in [-0.1, -0.05) is 19.3 Å². The van der Waals surface area contributed by atoms with E-state index in [1.807, 2.05) is 0 Å². The molecule has 3 aliphatic rings. The second-order valence-electron chi connectivity index (χ2n) is 6.31. The number of hydrogen-bond acceptors (Lipinski definition) is 6. The van der Waals surface area contributed by atoms with Crippen LogP contribution in [0.3, 0.4) is 0 Å². The number of hydrazine groups is 1. The minimum Gasteiger partial charge on any atom is -0.394 e. The van der Waals surface area contributed by atoms with E-state index in [0.29, 0.717) is 5.01 Å². The van der Waals surface area contributed by atoms with Crippen LogP contribution in [-0.4, -0.2) is 39.6 Å². The molecule has 2 aliphatic heterocycles. The highest BCUT2D eigenvalue weighted by molar-refractivity contribution is 6.19. The first-order chi connectivity index (χ1) is 10.9. The summed E-state index contributed by atoms with van der Waals surface area (Å²) in [5, 5.41) is 0.464. The van der Waals surface area contributed by atoms with E-state index < -0.39 is 17.9 Å². The van der Waals surface area contributed by atoms with Crippen molar-refractivity contribution in [2.75, 3.05) is 0 Å². The Labute approximate surface area is 133 Å². The lowest BCUT2D eigenvalue weighted by molar-refractivity contribution is -0.142. The number of imide groups is 2. The fraction of sp³-hybridized carbons (Fsp3) is 0.600. The molecule has 2 fully saturated rings. The second kappa shape index (κ2) is 5.77. The molecule has 23 heavy (non-hydrogen) atoms. The van der Waals surface area contributed by atoms with Gasteiger partial charge < -0.3 is 5.73 Å². The van der Waals surface area contributed by atoms with E-state index in [1.165, 1.54) is 0 Å². The number of nitrogens with two attached hydrogens (primary N) is 2. The number of hydrogen-bond donors (Lipinski definition) is 2. The first-order valence-corrected chi connectivity index (χ1v) is 7.91. The second-order valence-corrected chi connectivity index (χ2v) is 6.31. The van der Waals surface area contributed by atoms with Crippen molar-refractivity contribution in [2.45, 2.75) is 51.0 Å². The fourth-order valence-electron chi connectivity index (χ4n) is 3.80. The molecule has 8 nitrogen and oxygen atoms in total. The maximum absolute atomic E-state index is 12.4. The van der Waals surface area contributed by atoms with Crippen molar-refractivity contribution in [1.29, 1.82) is 0 Å². The van der Waals surface area contributed by atoms with Gasteiger partial charge in [-0.25, -0.2) is 10.9 Å². The van der Waals surface area contributed by atoms with Gasteiger partial charge in [-0.3, -0.25) is 24.1 Å². The molecule has 2 heterocycles. The Morgan fingerprint density at radius 1 is 0.913 bits per heavy atom. The molecule has 0 aromatic heterocycles. The molecule has 1 saturated carbocycles. The lowest BCUT2D eigenvalue weighted by Crippen LogP contribution is -2.48. The van der Waals surface area contributed by atoms with E-state index in [4.69, 9.17) is 11.6 Å². The molecule has 0 aromatic carbocycles. The average molecular weight is 320 g/mol. The molecule has 8 heteroatoms. The summed E-state index contributed by atoms with van der Waals surface area (Å²) in [6.45, 7) is 0. The third-order valence-corrected chi connectivity index (χ3v) is 4.95. The highest BCUT2D eigenvalue weighted by Crippen LogP contribution is 2.37. The number of likely N-dealkylation sites (tertiary alicyclic amines) is 1. The lowest BCUT2D eigenvalue weighted by atomic mass is 9.79. The topological polar surface area (TPSA) is 127 Å². The van der Waals surface area contributed by atoms with Gasteiger partial charge in [-0.05, 0) is 18.8 Å². The Balaban J connectivity index is 2.05. The van der Waals surface area contributed by atoms with Crippen molar-refractivity contribution in [3.63, 3.8) is 0 Å². The first kappa shape index (κ1) is 15.7. The summed E-state index contributed by atoms with van der Waals surface area (Å²) >= 11 is 0. The molecular weight excluding hydrogens is 300 g/mol. The summed E-state index contributed by atoms with van der Waals surface area (Å²) in [6.07, 6.45) is 4.82. The van der Waals surface area contributed by atoms with Gasteiger partial charge in [-0.15, -0.1) is 0 Å². The van der Waals surface area contributed by atoms with Gasteiger partial charge in [0, 0.05) is 12.8 Å². The maximum atomic E-state index is 12.4. The van der Waals surface area contributed by atoms with Gasteiger partial charge in [0.2, 0.25) is 11.8 Å². The van der Waals surface area contributed by atoms with Gasteiger partial charge in [0.25, 0.3) is 11.8 Å². The molecule has 3 rings (SSSR count). The lowest BCUT2D eigenvalue weighted by Gasteiger charge is -2.36. The van der Waals surface area contributed by atoms with Gasteiger partial charge in [0.05, 0.1) is 11.6 Å². The van der Waals surface area contributed by atoms with Crippen molar-refractivity contribution in [2.24, 2.45) is 17.5 Å². The third-order valence-electron chi connectivity index (χ3n) is 4.95. The SMILES string of the molecule is NC1=C(C(C2CCCCC2)N2C(=O)CCC2=O)C(=O)N(N)C1=O. The number of nitrogens with zero attached hydrogens (tertiary/aromatic N) is 2. The normalized spacial score (nSPS) is 25.1. The standard InChI is InChI=1S/C15H20N4O4/c16-12-11(14(22)19(17)15(12)23)13(8-4-2-1-3-5-8)18-9(20)6-7-10(18)21/h8,13H,1-7,16-17H2. The predicted molar refractivity (Wildman–Crippen MR) is 78.7 cm³/mol. The highest BCUT2D eigenvalue weighted by Gasteiger charge is 2.48. The van der Waals surface area contributed by atoms with Gasteiger partial charge in [0.15, 0.2) is 0 Å². The van der Waals surface area contributed by atoms with Crippen molar-refractivity contribution < 1.29 is 19.2 Å². The summed E-state index contributed by atoms with van der Waals surface area (Å²) in [5.41, 5.74) is 5.57. The number of amides is 4. The minimum atomic E-state index is -0.775. The van der Waals surface area contributed by atoms with Crippen molar-refractivity contribution in [3.05, 3.63) is 11.3 Å². The molecule has 0 bridgehead atoms. The highest BCUT2D eigenvalue weighted by atomic mass is 16.2. The number of rotatable bonds is 3. The summed E-state index contributed by atoms with van der Waals surface area (Å²) < 4.78 is 0. The molecule has 1 atom stereocenters. The van der Waals surface area contributed by atoms with E-state index in [0.717, 1.165) is 37.0 Å². The molecule has 1 aliphatic carbocycles. The van der Waals surface area contributed by atoms with Crippen LogP contribution in [0.5, 0.6) is 0 Å². The molecule has 0 aromatic rings. The molecule has 0 radical (unpaired) electrons. The fourth-order valence-corrected chi connectivity index (χ4v) is 3.80. The zero-order chi connectivity index (χ0) is 16.7. The van der Waals surface area contributed by atoms with E-state index in [1.54, 1.807) is 0 Å². The Kier molecular flexibility index (Phi) is 3.93. The van der Waals surface area contributed by atoms with Crippen LogP contribution in [0, 0.1) is 5.92 Å². The van der Waals surface area contributed by atoms with Crippen LogP contribution in [0.1, 0.15) is 44.9 Å². The zero-order valence-corrected chi connectivity index (χ0v) is 12.8. The van der Waals surface area contributed by atoms with Crippen LogP contribution in [0.4, 0.5) is 0 Å². The quantitative estimate of drug-likeness (QED) is 0.411. The summed E-state index contributed by atoms with van der Waals surface area (Å²) in [5.74, 6) is 3.28. The minimum absolute atomic E-state index is 0.00741. The summed E-state index contributed by atoms with van der Waals surface area (Å²) in [6, 6.07) is -0.775. The zero-order valence-electron chi connectivity index (χ0n) is 12.8. The van der Waals surface area contributed by atoms with Crippen LogP contribution in [0.15, 0.2) is 11.3 Å². The Bertz CT molecular complexity index is 605. The van der Waals surface area contributed by atoms with Crippen molar-refractivity contribution in [1.82, 2.24) is 9.91 Å². The molecule has 124 valence electrons. The van der Waals surface area contributed by atoms with Gasteiger partial charge >= 0.3 is 0 Å². The van der Waals surface area contributed by atoms with E-state index in [2.05, 4.69) is 0 Å². The number of carbonyl (C=O) groups is 4. The van der Waals surface area contributed by atoms with Crippen LogP contribution < -0.4 is 11.6 Å². The summed E-state index contributed by atoms with van der Waals surface area (Å²) in [7, 11) is 0. The first-order valence-electron chi connectivity index (χ1n) is 7.91. The number of carbonyl (C=O) groups excluding carboxylic acids is 4. The smallest absolute Gasteiger partial charge is 0.291 e. The van der Waals surface area contributed by atoms with E-state index in [-0.39, 0.29) is 41.8 Å². The van der Waals surface area contributed by atoms with E-state index in [9.17, 15) is 19.2 Å². The van der Waals surface area contributed by atoms with Crippen molar-refractivity contribution >= 4 is 23.6 Å². The van der Waals surface area contributed by atoms with Gasteiger partial charge in [-0.2, -0.15) is 0 Å². The van der Waals surface area contributed by atoms with Crippen LogP contribution in [0.2, 0.25) is 0 Å². The Morgan fingerprint density at radius 2 is 1.48 bits per heavy atom. The van der Waals surface area contributed by atoms with Gasteiger partial charge in [0.1, 0.15) is 5.70 Å². The van der Waals surface area contributed by atoms with Crippen LogP contribution in [-0.2, 0) is 19.2 Å². The summed E-state index contributed by atoms with van der Waals surface area (Å²) in [4.78, 5) is 49.8. The Hall–Kier alpha value is -2.22. The van der Waals surface area contributed by atoms with E-state index >= 15 is 0 Å². The molecular formula is C15H20N4O4. The maximum Gasteiger partial charge on any atom is 0.291 e. The molecule has 1 unspecified atom stereocenters. The third kappa shape index (κ3) is 2.42. The van der Waals surface area contributed by atoms with Crippen LogP contribution in [0.25, 0.3) is 0 Å². The van der Waals surface area contributed by atoms with Crippen molar-refractivity contribution in [3.8, 4) is 0 Å². The molecule has 1 saturated heterocycles. The largest absolute Gasteiger partial charge is 0.394 e. The monoisotopic (exact) mass is 320 g/mol. The molecule has 4 N–H and O–H groups in total. The Morgan fingerprint density at radius 3 is 1.96 bits per heavy atom. The average Bonchev–Trinajstić information content (AvgIpc) is 2.97. The molecule has 4 amide bonds. The predicted octanol–water partition coefficient (Wildman–Crippen LogP) is -0.460. The molecule has 0 spiro atoms. The van der Waals surface area contributed by atoms with Crippen LogP contribution >= 0.6 is 0 Å².